The molecule has 5 nitrogen and oxygen atoms in total. The molecule has 3 aromatic rings. The molecule has 1 amide bonds. The summed E-state index contributed by atoms with van der Waals surface area (Å²) in [5, 5.41) is 0. The summed E-state index contributed by atoms with van der Waals surface area (Å²) in [5.41, 5.74) is 2.96. The number of esters is 1. The van der Waals surface area contributed by atoms with E-state index in [9.17, 15) is 9.59 Å². The van der Waals surface area contributed by atoms with Crippen LogP contribution < -0.4 is 0 Å². The highest BCUT2D eigenvalue weighted by atomic mass is 35.5. The monoisotopic (exact) mass is 380 g/mol. The van der Waals surface area contributed by atoms with Crippen molar-refractivity contribution in [2.75, 3.05) is 13.7 Å². The summed E-state index contributed by atoms with van der Waals surface area (Å²) >= 11 is 8.73. The van der Waals surface area contributed by atoms with Gasteiger partial charge in [0.1, 0.15) is 0 Å². The van der Waals surface area contributed by atoms with Gasteiger partial charge >= 0.3 is 5.97 Å². The molecule has 0 aliphatic carbocycles. The highest BCUT2D eigenvalue weighted by Gasteiger charge is 2.15. The minimum absolute atomic E-state index is 0.272. The molecular weight excluding hydrogens is 368 g/mol. The highest BCUT2D eigenvalue weighted by Crippen LogP contribution is 2.22. The van der Waals surface area contributed by atoms with E-state index >= 15 is 0 Å². The van der Waals surface area contributed by atoms with Crippen LogP contribution in [0.15, 0.2) is 35.8 Å². The summed E-state index contributed by atoms with van der Waals surface area (Å²) in [4.78, 5) is 30.8. The molecule has 2 aromatic heterocycles. The molecule has 24 heavy (non-hydrogen) atoms. The number of carbonyl (C=O) groups is 2. The van der Waals surface area contributed by atoms with Gasteiger partial charge in [-0.05, 0) is 30.3 Å². The van der Waals surface area contributed by atoms with E-state index in [0.717, 1.165) is 15.1 Å². The molecule has 3 rings (SSSR count). The van der Waals surface area contributed by atoms with Crippen LogP contribution in [0, 0.1) is 0 Å². The van der Waals surface area contributed by atoms with Gasteiger partial charge in [-0.1, -0.05) is 11.6 Å². The lowest BCUT2D eigenvalue weighted by molar-refractivity contribution is -0.133. The average molecular weight is 381 g/mol. The van der Waals surface area contributed by atoms with Crippen LogP contribution in [-0.4, -0.2) is 35.4 Å². The molecule has 1 aromatic carbocycles. The summed E-state index contributed by atoms with van der Waals surface area (Å²) in [6.45, 7) is 0.135. The van der Waals surface area contributed by atoms with Crippen LogP contribution in [0.25, 0.3) is 10.2 Å². The summed E-state index contributed by atoms with van der Waals surface area (Å²) in [6, 6.07) is 8.78. The van der Waals surface area contributed by atoms with Gasteiger partial charge in [0.05, 0.1) is 32.2 Å². The highest BCUT2D eigenvalue weighted by molar-refractivity contribution is 7.16. The molecule has 0 saturated carbocycles. The third-order valence-electron chi connectivity index (χ3n) is 3.34. The molecule has 0 N–H and O–H groups in total. The molecule has 0 aliphatic rings. The minimum atomic E-state index is -0.522. The Balaban J connectivity index is 1.55. The number of carbonyl (C=O) groups excluding carboxylic acids is 2. The van der Waals surface area contributed by atoms with Crippen LogP contribution in [-0.2, 0) is 16.1 Å². The van der Waals surface area contributed by atoms with Crippen molar-refractivity contribution in [2.45, 2.75) is 6.54 Å². The third-order valence-corrected chi connectivity index (χ3v) is 5.35. The molecule has 0 aliphatic heterocycles. The average Bonchev–Trinajstić information content (AvgIpc) is 3.20. The number of thiophene rings is 1. The van der Waals surface area contributed by atoms with Crippen molar-refractivity contribution >= 4 is 56.4 Å². The van der Waals surface area contributed by atoms with Crippen LogP contribution in [0.1, 0.15) is 15.2 Å². The third kappa shape index (κ3) is 3.92. The van der Waals surface area contributed by atoms with Crippen LogP contribution in [0.3, 0.4) is 0 Å². The number of hydrogen-bond donors (Lipinski definition) is 0. The molecule has 0 radical (unpaired) electrons. The fraction of sp³-hybridized carbons (Fsp3) is 0.188. The summed E-state index contributed by atoms with van der Waals surface area (Å²) in [7, 11) is 1.66. The number of aromatic nitrogens is 1. The van der Waals surface area contributed by atoms with Crippen molar-refractivity contribution in [1.82, 2.24) is 9.88 Å². The summed E-state index contributed by atoms with van der Waals surface area (Å²) < 4.78 is 6.69. The fourth-order valence-corrected chi connectivity index (χ4v) is 3.92. The van der Waals surface area contributed by atoms with Crippen LogP contribution in [0.2, 0.25) is 4.34 Å². The van der Waals surface area contributed by atoms with Gasteiger partial charge in [0.2, 0.25) is 0 Å². The van der Waals surface area contributed by atoms with Crippen molar-refractivity contribution in [3.8, 4) is 0 Å². The lowest BCUT2D eigenvalue weighted by Gasteiger charge is -2.16. The van der Waals surface area contributed by atoms with Gasteiger partial charge in [0, 0.05) is 11.9 Å². The van der Waals surface area contributed by atoms with Gasteiger partial charge < -0.3 is 9.64 Å². The maximum absolute atomic E-state index is 12.1. The zero-order chi connectivity index (χ0) is 17.1. The Hall–Kier alpha value is -1.96. The topological polar surface area (TPSA) is 59.5 Å². The number of thiazole rings is 1. The first-order valence-electron chi connectivity index (χ1n) is 7.01. The SMILES string of the molecule is CN(Cc1ccc(Cl)s1)C(=O)COC(=O)c1ccc2ncsc2c1. The zero-order valence-corrected chi connectivity index (χ0v) is 15.1. The Kier molecular flexibility index (Phi) is 5.13. The second-order valence-electron chi connectivity index (χ2n) is 5.07. The number of halogens is 1. The molecule has 0 atom stereocenters. The Morgan fingerprint density at radius 2 is 2.12 bits per heavy atom. The minimum Gasteiger partial charge on any atom is -0.452 e. The Labute approximate surface area is 151 Å². The lowest BCUT2D eigenvalue weighted by Crippen LogP contribution is -2.30. The number of benzene rings is 1. The molecule has 2 heterocycles. The molecular formula is C16H13ClN2O3S2. The van der Waals surface area contributed by atoms with E-state index in [0.29, 0.717) is 16.4 Å². The fourth-order valence-electron chi connectivity index (χ4n) is 2.06. The van der Waals surface area contributed by atoms with E-state index < -0.39 is 5.97 Å². The van der Waals surface area contributed by atoms with E-state index in [1.807, 2.05) is 6.07 Å². The molecule has 0 fully saturated rings. The Bertz CT molecular complexity index is 890. The van der Waals surface area contributed by atoms with Crippen molar-refractivity contribution in [2.24, 2.45) is 0 Å². The standard InChI is InChI=1S/C16H13ClN2O3S2/c1-19(7-11-3-5-14(17)24-11)15(20)8-22-16(21)10-2-4-12-13(6-10)23-9-18-12/h2-6,9H,7-8H2,1H3. The number of ether oxygens (including phenoxy) is 1. The molecule has 0 saturated heterocycles. The number of likely N-dealkylation sites (N-methyl/N-ethyl adjacent to an activating group) is 1. The van der Waals surface area contributed by atoms with Crippen molar-refractivity contribution in [3.05, 3.63) is 50.6 Å². The van der Waals surface area contributed by atoms with Crippen molar-refractivity contribution < 1.29 is 14.3 Å². The van der Waals surface area contributed by atoms with Gasteiger partial charge in [-0.2, -0.15) is 0 Å². The van der Waals surface area contributed by atoms with Crippen molar-refractivity contribution in [1.29, 1.82) is 0 Å². The van der Waals surface area contributed by atoms with E-state index in [-0.39, 0.29) is 12.5 Å². The van der Waals surface area contributed by atoms with E-state index in [2.05, 4.69) is 4.98 Å². The largest absolute Gasteiger partial charge is 0.452 e. The molecule has 124 valence electrons. The smallest absolute Gasteiger partial charge is 0.338 e. The predicted molar refractivity (Wildman–Crippen MR) is 95.7 cm³/mol. The molecule has 8 heteroatoms. The number of fused-ring (bicyclic) bond motifs is 1. The summed E-state index contributed by atoms with van der Waals surface area (Å²) in [5.74, 6) is -0.794. The second-order valence-corrected chi connectivity index (χ2v) is 7.75. The first kappa shape index (κ1) is 16.9. The van der Waals surface area contributed by atoms with Gasteiger partial charge in [0.15, 0.2) is 6.61 Å². The van der Waals surface area contributed by atoms with Gasteiger partial charge in [0.25, 0.3) is 5.91 Å². The van der Waals surface area contributed by atoms with Gasteiger partial charge in [-0.3, -0.25) is 4.79 Å². The van der Waals surface area contributed by atoms with Crippen LogP contribution in [0.4, 0.5) is 0 Å². The number of rotatable bonds is 5. The maximum atomic E-state index is 12.1. The Morgan fingerprint density at radius 1 is 1.29 bits per heavy atom. The van der Waals surface area contributed by atoms with Crippen molar-refractivity contribution in [3.63, 3.8) is 0 Å². The molecule has 0 unspecified atom stereocenters. The summed E-state index contributed by atoms with van der Waals surface area (Å²) in [6.07, 6.45) is 0. The first-order valence-corrected chi connectivity index (χ1v) is 9.09. The maximum Gasteiger partial charge on any atom is 0.338 e. The van der Waals surface area contributed by atoms with E-state index in [1.54, 1.807) is 36.8 Å². The quantitative estimate of drug-likeness (QED) is 0.631. The zero-order valence-electron chi connectivity index (χ0n) is 12.7. The van der Waals surface area contributed by atoms with Gasteiger partial charge in [-0.15, -0.1) is 22.7 Å². The number of nitrogens with zero attached hydrogens (tertiary/aromatic N) is 2. The van der Waals surface area contributed by atoms with Gasteiger partial charge in [-0.25, -0.2) is 9.78 Å². The van der Waals surface area contributed by atoms with E-state index in [1.165, 1.54) is 27.6 Å². The first-order chi connectivity index (χ1) is 11.5. The van der Waals surface area contributed by atoms with Crippen LogP contribution >= 0.6 is 34.3 Å². The lowest BCUT2D eigenvalue weighted by atomic mass is 10.2. The van der Waals surface area contributed by atoms with E-state index in [4.69, 9.17) is 16.3 Å². The van der Waals surface area contributed by atoms with Crippen LogP contribution in [0.5, 0.6) is 0 Å². The molecule has 0 bridgehead atoms. The predicted octanol–water partition coefficient (Wildman–Crippen LogP) is 3.83. The molecule has 0 spiro atoms. The Morgan fingerprint density at radius 3 is 2.88 bits per heavy atom. The normalized spacial score (nSPS) is 10.8. The number of amides is 1. The number of hydrogen-bond acceptors (Lipinski definition) is 6. The second kappa shape index (κ2) is 7.29.